The van der Waals surface area contributed by atoms with E-state index in [-0.39, 0.29) is 13.4 Å². The molecule has 0 spiro atoms. The van der Waals surface area contributed by atoms with Crippen LogP contribution in [0.2, 0.25) is 0 Å². The third-order valence-electron chi connectivity index (χ3n) is 3.62. The van der Waals surface area contributed by atoms with Crippen molar-refractivity contribution in [3.8, 4) is 11.5 Å². The second-order valence-electron chi connectivity index (χ2n) is 5.18. The van der Waals surface area contributed by atoms with E-state index in [4.69, 9.17) is 14.2 Å². The van der Waals surface area contributed by atoms with Gasteiger partial charge in [0.2, 0.25) is 6.79 Å². The summed E-state index contributed by atoms with van der Waals surface area (Å²) in [6.45, 7) is 5.39. The molecule has 7 nitrogen and oxygen atoms in total. The highest BCUT2D eigenvalue weighted by Crippen LogP contribution is 2.41. The molecule has 24 heavy (non-hydrogen) atoms. The number of carbonyl (C=O) groups excluding carboxylic acids is 2. The molecule has 2 N–H and O–H groups in total. The van der Waals surface area contributed by atoms with Crippen LogP contribution in [0.5, 0.6) is 11.5 Å². The Morgan fingerprint density at radius 3 is 2.88 bits per heavy atom. The van der Waals surface area contributed by atoms with Gasteiger partial charge in [-0.3, -0.25) is 0 Å². The van der Waals surface area contributed by atoms with Crippen LogP contribution in [0.1, 0.15) is 18.5 Å². The zero-order valence-electron chi connectivity index (χ0n) is 12.8. The van der Waals surface area contributed by atoms with Crippen molar-refractivity contribution in [3.05, 3.63) is 46.1 Å². The predicted molar refractivity (Wildman–Crippen MR) is 88.5 cm³/mol. The predicted octanol–water partition coefficient (Wildman–Crippen LogP) is 2.53. The first kappa shape index (κ1) is 16.4. The molecule has 3 rings (SSSR count). The molecule has 8 heteroatoms. The number of fused-ring (bicyclic) bond motifs is 1. The lowest BCUT2D eigenvalue weighted by molar-refractivity contribution is -0.138. The fraction of sp³-hybridized carbons (Fsp3) is 0.250. The number of halogens is 1. The van der Waals surface area contributed by atoms with Gasteiger partial charge in [0.15, 0.2) is 11.5 Å². The van der Waals surface area contributed by atoms with Gasteiger partial charge in [-0.15, -0.1) is 0 Å². The number of esters is 1. The minimum absolute atomic E-state index is 0.0819. The van der Waals surface area contributed by atoms with Gasteiger partial charge < -0.3 is 24.8 Å². The number of allylic oxidation sites excluding steroid dienone is 1. The minimum atomic E-state index is -0.681. The van der Waals surface area contributed by atoms with Gasteiger partial charge in [0.05, 0.1) is 11.6 Å². The van der Waals surface area contributed by atoms with Crippen molar-refractivity contribution >= 4 is 27.9 Å². The first-order valence-electron chi connectivity index (χ1n) is 7.16. The second kappa shape index (κ2) is 6.56. The summed E-state index contributed by atoms with van der Waals surface area (Å²) in [6, 6.07) is 2.40. The molecule has 0 unspecified atom stereocenters. The van der Waals surface area contributed by atoms with Crippen molar-refractivity contribution in [2.75, 3.05) is 13.4 Å². The Kier molecular flexibility index (Phi) is 4.48. The SMILES string of the molecule is C=CCOC(=O)C1=C(C)NC(=O)N[C@@H]1c1cc2c(cc1Br)OCO2. The van der Waals surface area contributed by atoms with E-state index in [1.54, 1.807) is 19.1 Å². The Morgan fingerprint density at radius 2 is 2.17 bits per heavy atom. The zero-order chi connectivity index (χ0) is 17.3. The third-order valence-corrected chi connectivity index (χ3v) is 4.31. The Balaban J connectivity index is 2.03. The molecule has 2 aliphatic heterocycles. The van der Waals surface area contributed by atoms with Gasteiger partial charge in [0.1, 0.15) is 6.61 Å². The van der Waals surface area contributed by atoms with E-state index >= 15 is 0 Å². The van der Waals surface area contributed by atoms with Crippen molar-refractivity contribution in [2.24, 2.45) is 0 Å². The van der Waals surface area contributed by atoms with E-state index in [2.05, 4.69) is 33.1 Å². The summed E-state index contributed by atoms with van der Waals surface area (Å²) in [5.41, 5.74) is 1.41. The minimum Gasteiger partial charge on any atom is -0.458 e. The highest BCUT2D eigenvalue weighted by molar-refractivity contribution is 9.10. The number of carbonyl (C=O) groups is 2. The molecule has 0 radical (unpaired) electrons. The molecule has 2 amide bonds. The molecule has 2 heterocycles. The Bertz CT molecular complexity index is 759. The average molecular weight is 395 g/mol. The van der Waals surface area contributed by atoms with Crippen LogP contribution in [0, 0.1) is 0 Å². The maximum atomic E-state index is 12.4. The van der Waals surface area contributed by atoms with Crippen molar-refractivity contribution in [2.45, 2.75) is 13.0 Å². The molecule has 0 aromatic heterocycles. The lowest BCUT2D eigenvalue weighted by atomic mass is 9.95. The summed E-state index contributed by atoms with van der Waals surface area (Å²) in [6.07, 6.45) is 1.48. The molecule has 0 fully saturated rings. The largest absolute Gasteiger partial charge is 0.458 e. The number of nitrogens with one attached hydrogen (secondary N) is 2. The van der Waals surface area contributed by atoms with Crippen LogP contribution in [0.4, 0.5) is 4.79 Å². The van der Waals surface area contributed by atoms with Crippen molar-refractivity contribution < 1.29 is 23.8 Å². The van der Waals surface area contributed by atoms with Crippen molar-refractivity contribution in [1.82, 2.24) is 10.6 Å². The third kappa shape index (κ3) is 2.96. The molecule has 0 aliphatic carbocycles. The summed E-state index contributed by atoms with van der Waals surface area (Å²) < 4.78 is 16.5. The van der Waals surface area contributed by atoms with E-state index in [9.17, 15) is 9.59 Å². The molecular formula is C16H15BrN2O5. The van der Waals surface area contributed by atoms with Gasteiger partial charge in [-0.25, -0.2) is 9.59 Å². The maximum absolute atomic E-state index is 12.4. The molecule has 0 bridgehead atoms. The highest BCUT2D eigenvalue weighted by Gasteiger charge is 2.34. The lowest BCUT2D eigenvalue weighted by Gasteiger charge is -2.28. The van der Waals surface area contributed by atoms with Crippen molar-refractivity contribution in [3.63, 3.8) is 0 Å². The number of amides is 2. The fourth-order valence-corrected chi connectivity index (χ4v) is 3.12. The van der Waals surface area contributed by atoms with Crippen LogP contribution in [0.15, 0.2) is 40.5 Å². The van der Waals surface area contributed by atoms with Gasteiger partial charge >= 0.3 is 12.0 Å². The molecule has 126 valence electrons. The molecular weight excluding hydrogens is 380 g/mol. The summed E-state index contributed by atoms with van der Waals surface area (Å²) in [5, 5.41) is 5.33. The highest BCUT2D eigenvalue weighted by atomic mass is 79.9. The van der Waals surface area contributed by atoms with Gasteiger partial charge in [-0.2, -0.15) is 0 Å². The summed E-state index contributed by atoms with van der Waals surface area (Å²) in [5.74, 6) is 0.620. The molecule has 1 aromatic carbocycles. The van der Waals surface area contributed by atoms with E-state index in [0.29, 0.717) is 32.8 Å². The van der Waals surface area contributed by atoms with Crippen LogP contribution in [0.25, 0.3) is 0 Å². The van der Waals surface area contributed by atoms with E-state index in [1.165, 1.54) is 6.08 Å². The Morgan fingerprint density at radius 1 is 1.46 bits per heavy atom. The quantitative estimate of drug-likeness (QED) is 0.605. The zero-order valence-corrected chi connectivity index (χ0v) is 14.4. The Hall–Kier alpha value is -2.48. The first-order valence-corrected chi connectivity index (χ1v) is 7.96. The van der Waals surface area contributed by atoms with Gasteiger partial charge in [0, 0.05) is 10.2 Å². The van der Waals surface area contributed by atoms with Crippen LogP contribution in [-0.2, 0) is 9.53 Å². The molecule has 2 aliphatic rings. The number of urea groups is 1. The lowest BCUT2D eigenvalue weighted by Crippen LogP contribution is -2.45. The fourth-order valence-electron chi connectivity index (χ4n) is 2.56. The second-order valence-corrected chi connectivity index (χ2v) is 6.04. The van der Waals surface area contributed by atoms with Gasteiger partial charge in [-0.05, 0) is 24.6 Å². The average Bonchev–Trinajstić information content (AvgIpc) is 2.98. The standard InChI is InChI=1S/C16H15BrN2O5/c1-3-4-22-15(20)13-8(2)18-16(21)19-14(13)9-5-11-12(6-10(9)17)24-7-23-11/h3,5-6,14H,1,4,7H2,2H3,(H2,18,19,21)/t14-/m1/s1. The summed E-state index contributed by atoms with van der Waals surface area (Å²) >= 11 is 3.46. The maximum Gasteiger partial charge on any atom is 0.338 e. The number of hydrogen-bond donors (Lipinski definition) is 2. The monoisotopic (exact) mass is 394 g/mol. The number of hydrogen-bond acceptors (Lipinski definition) is 5. The smallest absolute Gasteiger partial charge is 0.338 e. The first-order chi connectivity index (χ1) is 11.5. The van der Waals surface area contributed by atoms with Crippen LogP contribution < -0.4 is 20.1 Å². The topological polar surface area (TPSA) is 85.9 Å². The van der Waals surface area contributed by atoms with E-state index < -0.39 is 18.0 Å². The molecule has 1 atom stereocenters. The van der Waals surface area contributed by atoms with Crippen LogP contribution in [-0.4, -0.2) is 25.4 Å². The van der Waals surface area contributed by atoms with Gasteiger partial charge in [0.25, 0.3) is 0 Å². The van der Waals surface area contributed by atoms with Crippen LogP contribution in [0.3, 0.4) is 0 Å². The normalized spacial score (nSPS) is 18.8. The molecule has 0 saturated carbocycles. The van der Waals surface area contributed by atoms with Crippen molar-refractivity contribution in [1.29, 1.82) is 0 Å². The Labute approximate surface area is 146 Å². The number of benzene rings is 1. The summed E-state index contributed by atoms with van der Waals surface area (Å²) in [4.78, 5) is 24.3. The summed E-state index contributed by atoms with van der Waals surface area (Å²) in [7, 11) is 0. The molecule has 1 aromatic rings. The number of rotatable bonds is 4. The molecule has 0 saturated heterocycles. The van der Waals surface area contributed by atoms with E-state index in [1.807, 2.05) is 0 Å². The van der Waals surface area contributed by atoms with E-state index in [0.717, 1.165) is 0 Å². The number of ether oxygens (including phenoxy) is 3. The van der Waals surface area contributed by atoms with Crippen LogP contribution >= 0.6 is 15.9 Å². The van der Waals surface area contributed by atoms with Gasteiger partial charge in [-0.1, -0.05) is 28.6 Å².